The molecular weight excluding hydrogens is 332 g/mol. The molecule has 2 rings (SSSR count). The Morgan fingerprint density at radius 1 is 1.29 bits per heavy atom. The molecule has 0 radical (unpaired) electrons. The number of carbonyl (C=O) groups is 1. The molecule has 0 fully saturated rings. The Morgan fingerprint density at radius 3 is 2.67 bits per heavy atom. The fourth-order valence-corrected chi connectivity index (χ4v) is 2.28. The van der Waals surface area contributed by atoms with Gasteiger partial charge >= 0.3 is 5.69 Å². The molecule has 2 aromatic rings. The van der Waals surface area contributed by atoms with Crippen LogP contribution in [0.15, 0.2) is 48.5 Å². The molecule has 0 saturated heterocycles. The summed E-state index contributed by atoms with van der Waals surface area (Å²) in [5, 5.41) is 13.9. The maximum absolute atomic E-state index is 11.9. The number of ether oxygens (including phenoxy) is 1. The number of carbonyl (C=O) groups excluding carboxylic acids is 1. The molecular formula is C17H17ClN2O4. The van der Waals surface area contributed by atoms with E-state index in [1.165, 1.54) is 18.2 Å². The van der Waals surface area contributed by atoms with Crippen molar-refractivity contribution in [2.45, 2.75) is 12.8 Å². The van der Waals surface area contributed by atoms with E-state index in [1.807, 2.05) is 37.3 Å². The van der Waals surface area contributed by atoms with Crippen LogP contribution in [-0.4, -0.2) is 24.0 Å². The van der Waals surface area contributed by atoms with Gasteiger partial charge in [-0.1, -0.05) is 48.9 Å². The lowest BCUT2D eigenvalue weighted by Gasteiger charge is -2.13. The number of nitrogens with one attached hydrogen (secondary N) is 1. The van der Waals surface area contributed by atoms with Gasteiger partial charge in [0, 0.05) is 17.6 Å². The van der Waals surface area contributed by atoms with E-state index in [-0.39, 0.29) is 34.9 Å². The summed E-state index contributed by atoms with van der Waals surface area (Å²) in [5.41, 5.74) is 0.847. The van der Waals surface area contributed by atoms with Crippen LogP contribution in [0.1, 0.15) is 18.4 Å². The molecule has 0 unspecified atom stereocenters. The number of rotatable bonds is 7. The van der Waals surface area contributed by atoms with Gasteiger partial charge < -0.3 is 10.1 Å². The standard InChI is InChI=1S/C17H17ClN2O4/c1-12(13-5-3-2-4-6-13)10-19-17(21)11-24-16-8-7-14(18)9-15(16)20(22)23/h2-9,12H,10-11H2,1H3,(H,19,21)/t12-/m0/s1. The molecule has 7 heteroatoms. The van der Waals surface area contributed by atoms with E-state index in [0.29, 0.717) is 6.54 Å². The van der Waals surface area contributed by atoms with Gasteiger partial charge in [0.15, 0.2) is 12.4 Å². The zero-order valence-corrected chi connectivity index (χ0v) is 13.8. The van der Waals surface area contributed by atoms with Crippen molar-refractivity contribution in [2.75, 3.05) is 13.2 Å². The summed E-state index contributed by atoms with van der Waals surface area (Å²) in [6.07, 6.45) is 0. The molecule has 0 saturated carbocycles. The molecule has 6 nitrogen and oxygen atoms in total. The van der Waals surface area contributed by atoms with Crippen molar-refractivity contribution in [3.8, 4) is 5.75 Å². The first-order valence-corrected chi connectivity index (χ1v) is 7.73. The van der Waals surface area contributed by atoms with Crippen molar-refractivity contribution in [3.63, 3.8) is 0 Å². The maximum Gasteiger partial charge on any atom is 0.312 e. The Bertz CT molecular complexity index is 722. The number of halogens is 1. The van der Waals surface area contributed by atoms with Crippen molar-refractivity contribution >= 4 is 23.2 Å². The minimum atomic E-state index is -0.601. The summed E-state index contributed by atoms with van der Waals surface area (Å²) in [4.78, 5) is 22.2. The van der Waals surface area contributed by atoms with Crippen molar-refractivity contribution in [3.05, 3.63) is 69.2 Å². The molecule has 2 aromatic carbocycles. The zero-order valence-electron chi connectivity index (χ0n) is 13.1. The third kappa shape index (κ3) is 4.96. The molecule has 0 aliphatic carbocycles. The zero-order chi connectivity index (χ0) is 17.5. The molecule has 1 amide bonds. The molecule has 1 N–H and O–H groups in total. The smallest absolute Gasteiger partial charge is 0.312 e. The van der Waals surface area contributed by atoms with Crippen molar-refractivity contribution in [2.24, 2.45) is 0 Å². The Labute approximate surface area is 144 Å². The van der Waals surface area contributed by atoms with E-state index in [0.717, 1.165) is 5.56 Å². The lowest BCUT2D eigenvalue weighted by molar-refractivity contribution is -0.385. The van der Waals surface area contributed by atoms with Gasteiger partial charge in [-0.3, -0.25) is 14.9 Å². The Balaban J connectivity index is 1.87. The fourth-order valence-electron chi connectivity index (χ4n) is 2.12. The van der Waals surface area contributed by atoms with E-state index in [1.54, 1.807) is 0 Å². The highest BCUT2D eigenvalue weighted by Gasteiger charge is 2.17. The average Bonchev–Trinajstić information content (AvgIpc) is 2.59. The number of hydrogen-bond acceptors (Lipinski definition) is 4. The monoisotopic (exact) mass is 348 g/mol. The van der Waals surface area contributed by atoms with Crippen LogP contribution in [0.25, 0.3) is 0 Å². The average molecular weight is 349 g/mol. The van der Waals surface area contributed by atoms with Crippen LogP contribution < -0.4 is 10.1 Å². The van der Waals surface area contributed by atoms with Crippen molar-refractivity contribution in [1.82, 2.24) is 5.32 Å². The van der Waals surface area contributed by atoms with E-state index >= 15 is 0 Å². The van der Waals surface area contributed by atoms with Gasteiger partial charge in [-0.2, -0.15) is 0 Å². The highest BCUT2D eigenvalue weighted by Crippen LogP contribution is 2.29. The van der Waals surface area contributed by atoms with E-state index in [2.05, 4.69) is 5.32 Å². The fraction of sp³-hybridized carbons (Fsp3) is 0.235. The molecule has 0 heterocycles. The molecule has 1 atom stereocenters. The normalized spacial score (nSPS) is 11.6. The van der Waals surface area contributed by atoms with E-state index in [4.69, 9.17) is 16.3 Å². The Morgan fingerprint density at radius 2 is 2.00 bits per heavy atom. The van der Waals surface area contributed by atoms with Gasteiger partial charge in [-0.25, -0.2) is 0 Å². The van der Waals surface area contributed by atoms with Crippen LogP contribution in [0, 0.1) is 10.1 Å². The summed E-state index contributed by atoms with van der Waals surface area (Å²) in [5.74, 6) is -0.183. The summed E-state index contributed by atoms with van der Waals surface area (Å²) in [6.45, 7) is 2.15. The van der Waals surface area contributed by atoms with Gasteiger partial charge in [0.2, 0.25) is 0 Å². The molecule has 0 aliphatic heterocycles. The number of nitrogens with zero attached hydrogens (tertiary/aromatic N) is 1. The summed E-state index contributed by atoms with van der Waals surface area (Å²) in [6, 6.07) is 13.8. The van der Waals surface area contributed by atoms with Crippen LogP contribution in [0.3, 0.4) is 0 Å². The molecule has 0 aromatic heterocycles. The second-order valence-corrected chi connectivity index (χ2v) is 5.71. The first-order chi connectivity index (χ1) is 11.5. The number of hydrogen-bond donors (Lipinski definition) is 1. The topological polar surface area (TPSA) is 81.5 Å². The van der Waals surface area contributed by atoms with E-state index in [9.17, 15) is 14.9 Å². The molecule has 0 spiro atoms. The third-order valence-corrected chi connectivity index (χ3v) is 3.69. The molecule has 0 bridgehead atoms. The van der Waals surface area contributed by atoms with Gasteiger partial charge in [0.25, 0.3) is 5.91 Å². The lowest BCUT2D eigenvalue weighted by atomic mass is 10.0. The van der Waals surface area contributed by atoms with Crippen molar-refractivity contribution in [1.29, 1.82) is 0 Å². The van der Waals surface area contributed by atoms with Gasteiger partial charge in [0.05, 0.1) is 4.92 Å². The minimum Gasteiger partial charge on any atom is -0.477 e. The second kappa shape index (κ2) is 8.31. The molecule has 24 heavy (non-hydrogen) atoms. The van der Waals surface area contributed by atoms with Gasteiger partial charge in [-0.15, -0.1) is 0 Å². The van der Waals surface area contributed by atoms with Crippen molar-refractivity contribution < 1.29 is 14.5 Å². The Kier molecular flexibility index (Phi) is 6.14. The SMILES string of the molecule is C[C@@H](CNC(=O)COc1ccc(Cl)cc1[N+](=O)[O-])c1ccccc1. The first-order valence-electron chi connectivity index (χ1n) is 7.35. The lowest BCUT2D eigenvalue weighted by Crippen LogP contribution is -2.31. The minimum absolute atomic E-state index is 0.00987. The largest absolute Gasteiger partial charge is 0.477 e. The highest BCUT2D eigenvalue weighted by molar-refractivity contribution is 6.30. The van der Waals surface area contributed by atoms with Crippen LogP contribution >= 0.6 is 11.6 Å². The molecule has 0 aliphatic rings. The quantitative estimate of drug-likeness (QED) is 0.612. The van der Waals surface area contributed by atoms with Crippen LogP contribution in [-0.2, 0) is 4.79 Å². The van der Waals surface area contributed by atoms with Gasteiger partial charge in [0.1, 0.15) is 0 Å². The second-order valence-electron chi connectivity index (χ2n) is 5.27. The first kappa shape index (κ1) is 17.7. The Hall–Kier alpha value is -2.60. The highest BCUT2D eigenvalue weighted by atomic mass is 35.5. The number of benzene rings is 2. The van der Waals surface area contributed by atoms with Crippen LogP contribution in [0.2, 0.25) is 5.02 Å². The summed E-state index contributed by atoms with van der Waals surface area (Å²) in [7, 11) is 0. The number of nitro groups is 1. The molecule has 126 valence electrons. The third-order valence-electron chi connectivity index (χ3n) is 3.45. The van der Waals surface area contributed by atoms with Crippen LogP contribution in [0.5, 0.6) is 5.75 Å². The number of nitro benzene ring substituents is 1. The predicted octanol–water partition coefficient (Wildman–Crippen LogP) is 3.55. The summed E-state index contributed by atoms with van der Waals surface area (Å²) < 4.78 is 5.24. The summed E-state index contributed by atoms with van der Waals surface area (Å²) >= 11 is 5.73. The van der Waals surface area contributed by atoms with Gasteiger partial charge in [-0.05, 0) is 23.6 Å². The van der Waals surface area contributed by atoms with Crippen LogP contribution in [0.4, 0.5) is 5.69 Å². The predicted molar refractivity (Wildman–Crippen MR) is 91.5 cm³/mol. The number of amides is 1. The maximum atomic E-state index is 11.9. The van der Waals surface area contributed by atoms with E-state index < -0.39 is 4.92 Å².